The number of ether oxygens (including phenoxy) is 1. The van der Waals surface area contributed by atoms with Crippen molar-refractivity contribution in [2.75, 3.05) is 0 Å². The third-order valence-corrected chi connectivity index (χ3v) is 9.25. The number of nitrogens with zero attached hydrogens (tertiary/aromatic N) is 3. The van der Waals surface area contributed by atoms with Crippen molar-refractivity contribution in [3.05, 3.63) is 151 Å². The highest BCUT2D eigenvalue weighted by molar-refractivity contribution is 6.12. The quantitative estimate of drug-likeness (QED) is 0.205. The maximum absolute atomic E-state index is 6.83. The van der Waals surface area contributed by atoms with Gasteiger partial charge in [-0.25, -0.2) is 4.98 Å². The lowest BCUT2D eigenvalue weighted by Gasteiger charge is -2.14. The van der Waals surface area contributed by atoms with Crippen LogP contribution in [0.1, 0.15) is 11.1 Å². The lowest BCUT2D eigenvalue weighted by Crippen LogP contribution is -2.01. The number of rotatable bonds is 3. The van der Waals surface area contributed by atoms with Crippen LogP contribution in [0.25, 0.3) is 71.8 Å². The molecule has 9 aromatic rings. The van der Waals surface area contributed by atoms with Gasteiger partial charge in [0.05, 0.1) is 5.52 Å². The van der Waals surface area contributed by atoms with Gasteiger partial charge in [0.2, 0.25) is 5.88 Å². The molecule has 6 aromatic carbocycles. The minimum atomic E-state index is 0.677. The minimum Gasteiger partial charge on any atom is -0.455 e. The largest absolute Gasteiger partial charge is 0.455 e. The van der Waals surface area contributed by atoms with E-state index in [0.29, 0.717) is 6.42 Å². The molecule has 1 aliphatic heterocycles. The van der Waals surface area contributed by atoms with Crippen LogP contribution in [0.5, 0.6) is 11.6 Å². The van der Waals surface area contributed by atoms with E-state index >= 15 is 0 Å². The minimum absolute atomic E-state index is 0.677. The van der Waals surface area contributed by atoms with Crippen molar-refractivity contribution in [1.82, 2.24) is 14.5 Å². The van der Waals surface area contributed by atoms with Gasteiger partial charge >= 0.3 is 0 Å². The first kappa shape index (κ1) is 25.2. The van der Waals surface area contributed by atoms with Crippen LogP contribution < -0.4 is 4.74 Å². The first-order chi connectivity index (χ1) is 22.8. The van der Waals surface area contributed by atoms with Crippen molar-refractivity contribution in [2.24, 2.45) is 0 Å². The summed E-state index contributed by atoms with van der Waals surface area (Å²) in [4.78, 5) is 9.60. The predicted octanol–water partition coefficient (Wildman–Crippen LogP) is 10.5. The molecule has 4 heterocycles. The van der Waals surface area contributed by atoms with Crippen LogP contribution in [-0.2, 0) is 6.42 Å². The molecule has 0 bridgehead atoms. The van der Waals surface area contributed by atoms with E-state index in [2.05, 4.69) is 95.6 Å². The predicted molar refractivity (Wildman–Crippen MR) is 184 cm³/mol. The van der Waals surface area contributed by atoms with Gasteiger partial charge in [-0.15, -0.1) is 0 Å². The molecule has 216 valence electrons. The number of aromatic nitrogens is 3. The lowest BCUT2D eigenvalue weighted by molar-refractivity contribution is 0.454. The van der Waals surface area contributed by atoms with Crippen molar-refractivity contribution < 1.29 is 9.15 Å². The number of para-hydroxylation sites is 4. The Bertz CT molecular complexity index is 2660. The summed E-state index contributed by atoms with van der Waals surface area (Å²) >= 11 is 0. The Morgan fingerprint density at radius 2 is 1.26 bits per heavy atom. The Labute approximate surface area is 264 Å². The van der Waals surface area contributed by atoms with Crippen LogP contribution >= 0.6 is 0 Å². The van der Waals surface area contributed by atoms with E-state index in [0.717, 1.165) is 78.2 Å². The molecule has 0 saturated heterocycles. The molecule has 0 N–H and O–H groups in total. The summed E-state index contributed by atoms with van der Waals surface area (Å²) in [7, 11) is 0. The summed E-state index contributed by atoms with van der Waals surface area (Å²) < 4.78 is 15.4. The van der Waals surface area contributed by atoms with Gasteiger partial charge in [-0.05, 0) is 46.2 Å². The summed E-state index contributed by atoms with van der Waals surface area (Å²) in [6.07, 6.45) is 4.17. The van der Waals surface area contributed by atoms with Crippen molar-refractivity contribution >= 4 is 43.6 Å². The number of fused-ring (bicyclic) bond motifs is 11. The van der Waals surface area contributed by atoms with Crippen LogP contribution in [0, 0.1) is 0 Å². The molecule has 0 amide bonds. The zero-order valence-electron chi connectivity index (χ0n) is 24.6. The van der Waals surface area contributed by atoms with Crippen LogP contribution in [-0.4, -0.2) is 14.5 Å². The molecule has 0 atom stereocenters. The van der Waals surface area contributed by atoms with Gasteiger partial charge in [0, 0.05) is 51.7 Å². The SMILES string of the molecule is c1ccc2c(c1)Oc1c(Cc3ccc(-c4cccc5c4oc4ccccc45)c4ccccc34)c3ccccc3n1-c1nccnc1-2. The highest BCUT2D eigenvalue weighted by Crippen LogP contribution is 2.46. The second kappa shape index (κ2) is 9.65. The zero-order chi connectivity index (χ0) is 30.2. The van der Waals surface area contributed by atoms with Crippen LogP contribution in [0.15, 0.2) is 144 Å². The lowest BCUT2D eigenvalue weighted by atomic mass is 9.91. The molecule has 0 fully saturated rings. The molecule has 0 saturated carbocycles. The average Bonchev–Trinajstić information content (AvgIpc) is 3.59. The van der Waals surface area contributed by atoms with E-state index < -0.39 is 0 Å². The molecule has 3 aromatic heterocycles. The zero-order valence-corrected chi connectivity index (χ0v) is 24.6. The Hall–Kier alpha value is -6.20. The molecule has 46 heavy (non-hydrogen) atoms. The van der Waals surface area contributed by atoms with Gasteiger partial charge in [-0.1, -0.05) is 103 Å². The fourth-order valence-corrected chi connectivity index (χ4v) is 7.21. The van der Waals surface area contributed by atoms with Gasteiger partial charge in [0.25, 0.3) is 0 Å². The molecule has 5 heteroatoms. The summed E-state index contributed by atoms with van der Waals surface area (Å²) in [5, 5.41) is 5.78. The summed E-state index contributed by atoms with van der Waals surface area (Å²) in [5.41, 5.74) is 9.17. The smallest absolute Gasteiger partial charge is 0.210 e. The third-order valence-electron chi connectivity index (χ3n) is 9.25. The normalized spacial score (nSPS) is 12.2. The third kappa shape index (κ3) is 3.57. The molecular formula is C41H25N3O2. The fourth-order valence-electron chi connectivity index (χ4n) is 7.21. The Morgan fingerprint density at radius 3 is 2.20 bits per heavy atom. The second-order valence-electron chi connectivity index (χ2n) is 11.7. The van der Waals surface area contributed by atoms with Gasteiger partial charge in [0.1, 0.15) is 22.6 Å². The summed E-state index contributed by atoms with van der Waals surface area (Å²) in [6, 6.07) is 44.4. The number of hydrogen-bond acceptors (Lipinski definition) is 4. The Morgan fingerprint density at radius 1 is 0.543 bits per heavy atom. The molecule has 0 spiro atoms. The fraction of sp³-hybridized carbons (Fsp3) is 0.0244. The number of hydrogen-bond donors (Lipinski definition) is 0. The monoisotopic (exact) mass is 591 g/mol. The first-order valence-electron chi connectivity index (χ1n) is 15.5. The van der Waals surface area contributed by atoms with Crippen molar-refractivity contribution in [2.45, 2.75) is 6.42 Å². The molecular weight excluding hydrogens is 566 g/mol. The van der Waals surface area contributed by atoms with Crippen LogP contribution in [0.3, 0.4) is 0 Å². The Balaban J connectivity index is 1.19. The van der Waals surface area contributed by atoms with Gasteiger partial charge in [-0.2, -0.15) is 0 Å². The molecule has 0 aliphatic carbocycles. The number of benzene rings is 6. The first-order valence-corrected chi connectivity index (χ1v) is 15.5. The highest BCUT2D eigenvalue weighted by Gasteiger charge is 2.28. The summed E-state index contributed by atoms with van der Waals surface area (Å²) in [6.45, 7) is 0. The van der Waals surface area contributed by atoms with Crippen molar-refractivity contribution in [3.8, 4) is 39.8 Å². The summed E-state index contributed by atoms with van der Waals surface area (Å²) in [5.74, 6) is 2.31. The maximum Gasteiger partial charge on any atom is 0.210 e. The van der Waals surface area contributed by atoms with Gasteiger partial charge in [0.15, 0.2) is 5.82 Å². The van der Waals surface area contributed by atoms with E-state index in [4.69, 9.17) is 19.1 Å². The standard InChI is InChI=1S/C41H25N3O2/c1-2-11-27-26(10-1)25(20-21-28(27)31-15-9-16-32-30-13-4-7-18-36(30)45-39(31)32)24-34-29-12-3-6-17-35(29)44-40-38(42-22-23-43-40)33-14-5-8-19-37(33)46-41(34)44/h1-23H,24H2. The van der Waals surface area contributed by atoms with E-state index in [1.54, 1.807) is 12.4 Å². The van der Waals surface area contributed by atoms with Crippen molar-refractivity contribution in [1.29, 1.82) is 0 Å². The molecule has 0 radical (unpaired) electrons. The Kier molecular flexibility index (Phi) is 5.28. The average molecular weight is 592 g/mol. The van der Waals surface area contributed by atoms with E-state index in [-0.39, 0.29) is 0 Å². The second-order valence-corrected chi connectivity index (χ2v) is 11.7. The van der Waals surface area contributed by atoms with Gasteiger partial charge < -0.3 is 9.15 Å². The van der Waals surface area contributed by atoms with E-state index in [1.165, 1.54) is 16.3 Å². The van der Waals surface area contributed by atoms with Crippen LogP contribution in [0.4, 0.5) is 0 Å². The van der Waals surface area contributed by atoms with E-state index in [9.17, 15) is 0 Å². The van der Waals surface area contributed by atoms with Crippen LogP contribution in [0.2, 0.25) is 0 Å². The molecule has 10 rings (SSSR count). The van der Waals surface area contributed by atoms with E-state index in [1.807, 2.05) is 36.4 Å². The van der Waals surface area contributed by atoms with Gasteiger partial charge in [-0.3, -0.25) is 9.55 Å². The molecule has 0 unspecified atom stereocenters. The van der Waals surface area contributed by atoms with Crippen molar-refractivity contribution in [3.63, 3.8) is 0 Å². The topological polar surface area (TPSA) is 53.1 Å². The number of furan rings is 1. The highest BCUT2D eigenvalue weighted by atomic mass is 16.5. The maximum atomic E-state index is 6.83. The molecule has 1 aliphatic rings. The molecule has 5 nitrogen and oxygen atoms in total.